The molecule has 128 valence electrons. The summed E-state index contributed by atoms with van der Waals surface area (Å²) in [4.78, 5) is 0.748. The smallest absolute Gasteiger partial charge is 0.138 e. The molecule has 25 heavy (non-hydrogen) atoms. The summed E-state index contributed by atoms with van der Waals surface area (Å²) in [7, 11) is 0. The summed E-state index contributed by atoms with van der Waals surface area (Å²) in [5.74, 6) is 2.76. The lowest BCUT2D eigenvalue weighted by atomic mass is 9.77. The van der Waals surface area contributed by atoms with E-state index < -0.39 is 0 Å². The Kier molecular flexibility index (Phi) is 4.63. The fraction of sp³-hybridized carbons (Fsp3) is 0.273. The van der Waals surface area contributed by atoms with Gasteiger partial charge in [0.05, 0.1) is 0 Å². The van der Waals surface area contributed by atoms with Crippen LogP contribution < -0.4 is 0 Å². The number of rotatable bonds is 2. The second kappa shape index (κ2) is 6.77. The molecule has 0 saturated heterocycles. The minimum Gasteiger partial charge on any atom is -0.455 e. The molecule has 0 bridgehead atoms. The third-order valence-electron chi connectivity index (χ3n) is 5.23. The molecule has 0 unspecified atom stereocenters. The van der Waals surface area contributed by atoms with Gasteiger partial charge in [-0.2, -0.15) is 0 Å². The van der Waals surface area contributed by atoms with Gasteiger partial charge in [-0.3, -0.25) is 0 Å². The van der Waals surface area contributed by atoms with E-state index in [1.54, 1.807) is 0 Å². The van der Waals surface area contributed by atoms with Crippen molar-refractivity contribution in [1.82, 2.24) is 0 Å². The summed E-state index contributed by atoms with van der Waals surface area (Å²) >= 11 is 7.83. The molecule has 0 aliphatic heterocycles. The van der Waals surface area contributed by atoms with Gasteiger partial charge < -0.3 is 4.42 Å². The van der Waals surface area contributed by atoms with E-state index in [2.05, 4.69) is 94.2 Å². The van der Waals surface area contributed by atoms with Crippen LogP contribution in [-0.4, -0.2) is 9.65 Å². The van der Waals surface area contributed by atoms with Crippen LogP contribution in [0.15, 0.2) is 65.1 Å². The lowest BCUT2D eigenvalue weighted by Gasteiger charge is -2.35. The van der Waals surface area contributed by atoms with E-state index in [9.17, 15) is 0 Å². The first-order valence-electron chi connectivity index (χ1n) is 8.65. The quantitative estimate of drug-likeness (QED) is 0.364. The average molecular weight is 460 g/mol. The van der Waals surface area contributed by atoms with Gasteiger partial charge in [-0.25, -0.2) is 0 Å². The molecule has 0 radical (unpaired) electrons. The Morgan fingerprint density at radius 1 is 0.640 bits per heavy atom. The lowest BCUT2D eigenvalue weighted by Crippen LogP contribution is -2.31. The molecule has 4 rings (SSSR count). The molecule has 1 aromatic heterocycles. The SMILES string of the molecule is C[C@H]1c2c(-c3ccccc3)oc(-c3ccccc3)c2[C@H](C)[C@@H](Br)[C@H]1Br. The summed E-state index contributed by atoms with van der Waals surface area (Å²) in [6.45, 7) is 4.57. The summed E-state index contributed by atoms with van der Waals surface area (Å²) < 4.78 is 6.54. The van der Waals surface area contributed by atoms with Crippen LogP contribution in [0.3, 0.4) is 0 Å². The number of benzene rings is 2. The van der Waals surface area contributed by atoms with Gasteiger partial charge >= 0.3 is 0 Å². The molecule has 0 fully saturated rings. The van der Waals surface area contributed by atoms with Crippen molar-refractivity contribution in [3.05, 3.63) is 71.8 Å². The van der Waals surface area contributed by atoms with Gasteiger partial charge in [-0.1, -0.05) is 106 Å². The fourth-order valence-electron chi connectivity index (χ4n) is 3.84. The number of halogens is 2. The molecule has 4 atom stereocenters. The summed E-state index contributed by atoms with van der Waals surface area (Å²) in [6.07, 6.45) is 0. The van der Waals surface area contributed by atoms with E-state index in [1.165, 1.54) is 11.1 Å². The fourth-order valence-corrected chi connectivity index (χ4v) is 5.28. The van der Waals surface area contributed by atoms with Crippen LogP contribution in [-0.2, 0) is 0 Å². The predicted octanol–water partition coefficient (Wildman–Crippen LogP) is 7.36. The molecule has 1 heterocycles. The second-order valence-corrected chi connectivity index (χ2v) is 8.90. The van der Waals surface area contributed by atoms with E-state index in [-0.39, 0.29) is 0 Å². The van der Waals surface area contributed by atoms with Crippen molar-refractivity contribution in [3.63, 3.8) is 0 Å². The topological polar surface area (TPSA) is 13.1 Å². The Morgan fingerprint density at radius 3 is 1.36 bits per heavy atom. The van der Waals surface area contributed by atoms with Crippen molar-refractivity contribution in [2.75, 3.05) is 0 Å². The minimum absolute atomic E-state index is 0.368. The van der Waals surface area contributed by atoms with Crippen molar-refractivity contribution >= 4 is 31.9 Å². The van der Waals surface area contributed by atoms with Crippen molar-refractivity contribution in [1.29, 1.82) is 0 Å². The van der Waals surface area contributed by atoms with Gasteiger partial charge in [0.25, 0.3) is 0 Å². The number of hydrogen-bond donors (Lipinski definition) is 0. The largest absolute Gasteiger partial charge is 0.455 e. The lowest BCUT2D eigenvalue weighted by molar-refractivity contribution is 0.574. The van der Waals surface area contributed by atoms with Gasteiger partial charge in [0.2, 0.25) is 0 Å². The van der Waals surface area contributed by atoms with Crippen LogP contribution in [0.1, 0.15) is 36.8 Å². The summed E-state index contributed by atoms with van der Waals surface area (Å²) in [5, 5.41) is 0. The maximum atomic E-state index is 6.54. The first-order valence-corrected chi connectivity index (χ1v) is 10.5. The van der Waals surface area contributed by atoms with Crippen molar-refractivity contribution in [3.8, 4) is 22.6 Å². The number of furan rings is 1. The average Bonchev–Trinajstić information content (AvgIpc) is 3.07. The molecular formula is C22H20Br2O. The highest BCUT2D eigenvalue weighted by atomic mass is 79.9. The molecule has 2 aromatic carbocycles. The maximum absolute atomic E-state index is 6.54. The molecule has 1 aliphatic rings. The van der Waals surface area contributed by atoms with Crippen LogP contribution in [0.4, 0.5) is 0 Å². The molecule has 0 spiro atoms. The predicted molar refractivity (Wildman–Crippen MR) is 112 cm³/mol. The third-order valence-corrected chi connectivity index (χ3v) is 8.66. The molecule has 3 aromatic rings. The Bertz CT molecular complexity index is 798. The first kappa shape index (κ1) is 17.1. The van der Waals surface area contributed by atoms with Crippen LogP contribution in [0.5, 0.6) is 0 Å². The molecule has 1 aliphatic carbocycles. The van der Waals surface area contributed by atoms with E-state index in [0.29, 0.717) is 21.5 Å². The molecule has 3 heteroatoms. The number of alkyl halides is 2. The molecule has 0 amide bonds. The Balaban J connectivity index is 2.01. The monoisotopic (exact) mass is 458 g/mol. The van der Waals surface area contributed by atoms with Crippen LogP contribution in [0.2, 0.25) is 0 Å². The summed E-state index contributed by atoms with van der Waals surface area (Å²) in [6, 6.07) is 20.9. The Morgan fingerprint density at radius 2 is 1.00 bits per heavy atom. The van der Waals surface area contributed by atoms with Gasteiger partial charge in [-0.05, 0) is 11.8 Å². The van der Waals surface area contributed by atoms with E-state index in [1.807, 2.05) is 12.1 Å². The molecule has 0 N–H and O–H groups in total. The highest BCUT2D eigenvalue weighted by Gasteiger charge is 2.41. The van der Waals surface area contributed by atoms with E-state index in [0.717, 1.165) is 22.6 Å². The molecule has 0 saturated carbocycles. The first-order chi connectivity index (χ1) is 12.1. The second-order valence-electron chi connectivity index (χ2n) is 6.79. The van der Waals surface area contributed by atoms with E-state index >= 15 is 0 Å². The summed E-state index contributed by atoms with van der Waals surface area (Å²) in [5.41, 5.74) is 4.98. The van der Waals surface area contributed by atoms with Crippen LogP contribution in [0, 0.1) is 0 Å². The van der Waals surface area contributed by atoms with Crippen molar-refractivity contribution < 1.29 is 4.42 Å². The molecule has 1 nitrogen and oxygen atoms in total. The highest BCUT2D eigenvalue weighted by molar-refractivity contribution is 9.12. The van der Waals surface area contributed by atoms with Crippen molar-refractivity contribution in [2.45, 2.75) is 35.3 Å². The third kappa shape index (κ3) is 2.82. The maximum Gasteiger partial charge on any atom is 0.138 e. The van der Waals surface area contributed by atoms with Gasteiger partial charge in [0.1, 0.15) is 11.5 Å². The zero-order chi connectivity index (χ0) is 17.6. The number of fused-ring (bicyclic) bond motifs is 1. The van der Waals surface area contributed by atoms with Gasteiger partial charge in [0.15, 0.2) is 0 Å². The van der Waals surface area contributed by atoms with Crippen LogP contribution in [0.25, 0.3) is 22.6 Å². The minimum atomic E-state index is 0.368. The molecular weight excluding hydrogens is 440 g/mol. The number of hydrogen-bond acceptors (Lipinski definition) is 1. The van der Waals surface area contributed by atoms with Crippen molar-refractivity contribution in [2.24, 2.45) is 0 Å². The van der Waals surface area contributed by atoms with Gasteiger partial charge in [0, 0.05) is 31.9 Å². The normalized spacial score (nSPS) is 25.6. The zero-order valence-electron chi connectivity index (χ0n) is 14.2. The van der Waals surface area contributed by atoms with Crippen LogP contribution >= 0.6 is 31.9 Å². The standard InChI is InChI=1S/C22H20Br2O/c1-13-17-18(14(2)20(24)19(13)23)22(16-11-7-4-8-12-16)25-21(17)15-9-5-3-6-10-15/h3-14,19-20H,1-2H3/t13-,14-,19-,20+/m0/s1. The Hall–Kier alpha value is -1.32. The Labute approximate surface area is 165 Å². The van der Waals surface area contributed by atoms with Gasteiger partial charge in [-0.15, -0.1) is 0 Å². The highest BCUT2D eigenvalue weighted by Crippen LogP contribution is 2.53. The van der Waals surface area contributed by atoms with E-state index in [4.69, 9.17) is 4.42 Å². The zero-order valence-corrected chi connectivity index (χ0v) is 17.4.